The number of sulfonamides is 1. The number of hydrogen-bond donors (Lipinski definition) is 1. The average molecular weight is 453 g/mol. The maximum atomic E-state index is 12.3. The Morgan fingerprint density at radius 3 is 2.34 bits per heavy atom. The lowest BCUT2D eigenvalue weighted by Gasteiger charge is -2.22. The van der Waals surface area contributed by atoms with Crippen molar-refractivity contribution in [1.29, 1.82) is 0 Å². The highest BCUT2D eigenvalue weighted by Crippen LogP contribution is 2.20. The molecule has 0 aliphatic rings. The summed E-state index contributed by atoms with van der Waals surface area (Å²) in [6, 6.07) is 24.4. The summed E-state index contributed by atoms with van der Waals surface area (Å²) in [6.45, 7) is 2.63. The van der Waals surface area contributed by atoms with Gasteiger partial charge in [0.2, 0.25) is 15.9 Å². The van der Waals surface area contributed by atoms with Crippen LogP contribution >= 0.6 is 0 Å². The number of amides is 1. The Labute approximate surface area is 189 Å². The number of anilines is 2. The SMILES string of the molecule is Cc1cccc(N(CCCC(=O)Nc2ccc(OCc3ccccc3)cc2)S(C)(=O)=O)c1. The van der Waals surface area contributed by atoms with Gasteiger partial charge in [-0.2, -0.15) is 0 Å². The van der Waals surface area contributed by atoms with Crippen LogP contribution in [0.5, 0.6) is 5.75 Å². The van der Waals surface area contributed by atoms with E-state index in [-0.39, 0.29) is 18.9 Å². The second kappa shape index (κ2) is 10.8. The molecule has 0 heterocycles. The first-order valence-electron chi connectivity index (χ1n) is 10.4. The second-order valence-electron chi connectivity index (χ2n) is 7.62. The zero-order chi connectivity index (χ0) is 23.0. The number of nitrogens with zero attached hydrogens (tertiary/aromatic N) is 1. The molecule has 32 heavy (non-hydrogen) atoms. The Kier molecular flexibility index (Phi) is 7.89. The third-order valence-electron chi connectivity index (χ3n) is 4.84. The maximum Gasteiger partial charge on any atom is 0.232 e. The summed E-state index contributed by atoms with van der Waals surface area (Å²) in [5.41, 5.74) is 3.34. The molecule has 1 amide bonds. The quantitative estimate of drug-likeness (QED) is 0.481. The highest BCUT2D eigenvalue weighted by molar-refractivity contribution is 7.92. The smallest absolute Gasteiger partial charge is 0.232 e. The third-order valence-corrected chi connectivity index (χ3v) is 6.04. The van der Waals surface area contributed by atoms with Crippen LogP contribution in [0.3, 0.4) is 0 Å². The molecule has 0 unspecified atom stereocenters. The van der Waals surface area contributed by atoms with Gasteiger partial charge in [-0.15, -0.1) is 0 Å². The van der Waals surface area contributed by atoms with E-state index >= 15 is 0 Å². The minimum atomic E-state index is -3.43. The van der Waals surface area contributed by atoms with E-state index in [1.165, 1.54) is 10.6 Å². The Bertz CT molecular complexity index is 1130. The van der Waals surface area contributed by atoms with E-state index in [4.69, 9.17) is 4.74 Å². The van der Waals surface area contributed by atoms with Crippen molar-refractivity contribution in [2.75, 3.05) is 22.4 Å². The summed E-state index contributed by atoms with van der Waals surface area (Å²) in [4.78, 5) is 12.3. The Morgan fingerprint density at radius 2 is 1.69 bits per heavy atom. The molecule has 6 nitrogen and oxygen atoms in total. The predicted octanol–water partition coefficient (Wildman–Crippen LogP) is 4.76. The topological polar surface area (TPSA) is 75.7 Å². The van der Waals surface area contributed by atoms with Crippen molar-refractivity contribution in [3.8, 4) is 5.75 Å². The van der Waals surface area contributed by atoms with Gasteiger partial charge in [0.25, 0.3) is 0 Å². The molecule has 0 aliphatic heterocycles. The zero-order valence-electron chi connectivity index (χ0n) is 18.3. The van der Waals surface area contributed by atoms with E-state index in [1.807, 2.05) is 67.6 Å². The first kappa shape index (κ1) is 23.3. The fraction of sp³-hybridized carbons (Fsp3) is 0.240. The largest absolute Gasteiger partial charge is 0.489 e. The Hall–Kier alpha value is -3.32. The molecule has 0 spiro atoms. The number of ether oxygens (including phenoxy) is 1. The Morgan fingerprint density at radius 1 is 0.969 bits per heavy atom. The number of carbonyl (C=O) groups excluding carboxylic acids is 1. The van der Waals surface area contributed by atoms with Gasteiger partial charge in [0.05, 0.1) is 11.9 Å². The summed E-state index contributed by atoms with van der Waals surface area (Å²) < 4.78 is 31.5. The molecule has 0 aromatic heterocycles. The summed E-state index contributed by atoms with van der Waals surface area (Å²) in [7, 11) is -3.43. The molecular formula is C25H28N2O4S. The lowest BCUT2D eigenvalue weighted by atomic mass is 10.2. The molecular weight excluding hydrogens is 424 g/mol. The average Bonchev–Trinajstić information content (AvgIpc) is 2.76. The first-order chi connectivity index (χ1) is 15.3. The minimum Gasteiger partial charge on any atom is -0.489 e. The summed E-state index contributed by atoms with van der Waals surface area (Å²) >= 11 is 0. The molecule has 1 N–H and O–H groups in total. The van der Waals surface area contributed by atoms with E-state index in [0.29, 0.717) is 30.2 Å². The number of carbonyl (C=O) groups is 1. The number of nitrogens with one attached hydrogen (secondary N) is 1. The van der Waals surface area contributed by atoms with Crippen LogP contribution in [-0.2, 0) is 21.4 Å². The van der Waals surface area contributed by atoms with Crippen molar-refractivity contribution in [1.82, 2.24) is 0 Å². The van der Waals surface area contributed by atoms with Gasteiger partial charge in [-0.25, -0.2) is 8.42 Å². The Balaban J connectivity index is 1.48. The van der Waals surface area contributed by atoms with Crippen molar-refractivity contribution in [2.24, 2.45) is 0 Å². The highest BCUT2D eigenvalue weighted by Gasteiger charge is 2.17. The van der Waals surface area contributed by atoms with Crippen LogP contribution < -0.4 is 14.4 Å². The van der Waals surface area contributed by atoms with Gasteiger partial charge in [0, 0.05) is 18.7 Å². The molecule has 0 radical (unpaired) electrons. The maximum absolute atomic E-state index is 12.3. The highest BCUT2D eigenvalue weighted by atomic mass is 32.2. The van der Waals surface area contributed by atoms with E-state index in [2.05, 4.69) is 5.32 Å². The summed E-state index contributed by atoms with van der Waals surface area (Å²) in [5, 5.41) is 2.84. The lowest BCUT2D eigenvalue weighted by molar-refractivity contribution is -0.116. The van der Waals surface area contributed by atoms with Crippen molar-refractivity contribution < 1.29 is 17.9 Å². The summed E-state index contributed by atoms with van der Waals surface area (Å²) in [5.74, 6) is 0.550. The number of aryl methyl sites for hydroxylation is 1. The molecule has 0 bridgehead atoms. The van der Waals surface area contributed by atoms with Gasteiger partial charge in [-0.1, -0.05) is 42.5 Å². The molecule has 3 aromatic carbocycles. The number of hydrogen-bond acceptors (Lipinski definition) is 4. The van der Waals surface area contributed by atoms with Crippen molar-refractivity contribution in [3.63, 3.8) is 0 Å². The van der Waals surface area contributed by atoms with Crippen LogP contribution in [0.25, 0.3) is 0 Å². The van der Waals surface area contributed by atoms with Crippen molar-refractivity contribution >= 4 is 27.3 Å². The molecule has 3 rings (SSSR count). The number of rotatable bonds is 10. The van der Waals surface area contributed by atoms with E-state index in [1.54, 1.807) is 18.2 Å². The molecule has 7 heteroatoms. The molecule has 168 valence electrons. The van der Waals surface area contributed by atoms with Crippen molar-refractivity contribution in [3.05, 3.63) is 90.0 Å². The van der Waals surface area contributed by atoms with Gasteiger partial charge in [-0.05, 0) is 60.9 Å². The molecule has 0 saturated heterocycles. The van der Waals surface area contributed by atoms with Crippen LogP contribution in [0.15, 0.2) is 78.9 Å². The van der Waals surface area contributed by atoms with Gasteiger partial charge < -0.3 is 10.1 Å². The van der Waals surface area contributed by atoms with Crippen LogP contribution in [-0.4, -0.2) is 27.1 Å². The van der Waals surface area contributed by atoms with E-state index in [9.17, 15) is 13.2 Å². The van der Waals surface area contributed by atoms with E-state index < -0.39 is 10.0 Å². The fourth-order valence-electron chi connectivity index (χ4n) is 3.25. The van der Waals surface area contributed by atoms with Gasteiger partial charge in [0.1, 0.15) is 12.4 Å². The van der Waals surface area contributed by atoms with Gasteiger partial charge >= 0.3 is 0 Å². The first-order valence-corrected chi connectivity index (χ1v) is 12.3. The standard InChI is InChI=1S/C25H28N2O4S/c1-20-8-6-11-23(18-20)27(32(2,29)30)17-7-12-25(28)26-22-13-15-24(16-14-22)31-19-21-9-4-3-5-10-21/h3-6,8-11,13-16,18H,7,12,17,19H2,1-2H3,(H,26,28). The molecule has 0 saturated carbocycles. The zero-order valence-corrected chi connectivity index (χ0v) is 19.1. The molecule has 0 atom stereocenters. The van der Waals surface area contributed by atoms with E-state index in [0.717, 1.165) is 11.1 Å². The molecule has 3 aromatic rings. The van der Waals surface area contributed by atoms with Crippen LogP contribution in [0.2, 0.25) is 0 Å². The van der Waals surface area contributed by atoms with Gasteiger partial charge in [-0.3, -0.25) is 9.10 Å². The van der Waals surface area contributed by atoms with Crippen molar-refractivity contribution in [2.45, 2.75) is 26.4 Å². The normalized spacial score (nSPS) is 11.1. The van der Waals surface area contributed by atoms with Crippen LogP contribution in [0, 0.1) is 6.92 Å². The monoisotopic (exact) mass is 452 g/mol. The lowest BCUT2D eigenvalue weighted by Crippen LogP contribution is -2.31. The van der Waals surface area contributed by atoms with Gasteiger partial charge in [0.15, 0.2) is 0 Å². The fourth-order valence-corrected chi connectivity index (χ4v) is 4.21. The minimum absolute atomic E-state index is 0.166. The number of benzene rings is 3. The second-order valence-corrected chi connectivity index (χ2v) is 9.53. The molecule has 0 aliphatic carbocycles. The van der Waals surface area contributed by atoms with Crippen LogP contribution in [0.4, 0.5) is 11.4 Å². The third kappa shape index (κ3) is 7.13. The molecule has 0 fully saturated rings. The predicted molar refractivity (Wildman–Crippen MR) is 128 cm³/mol. The summed E-state index contributed by atoms with van der Waals surface area (Å²) in [6.07, 6.45) is 1.80. The van der Waals surface area contributed by atoms with Crippen LogP contribution in [0.1, 0.15) is 24.0 Å².